The van der Waals surface area contributed by atoms with Crippen molar-refractivity contribution < 1.29 is 37.1 Å². The third-order valence-electron chi connectivity index (χ3n) is 9.01. The Bertz CT molecular complexity index is 2450. The topological polar surface area (TPSA) is 222 Å². The number of nitro groups is 1. The summed E-state index contributed by atoms with van der Waals surface area (Å²) in [6.45, 7) is 5.11. The quantitative estimate of drug-likeness (QED) is 0.0576. The zero-order valence-electron chi connectivity index (χ0n) is 29.3. The molecule has 4 aromatic carbocycles. The largest absolute Gasteiger partial charge is 0.313 e. The lowest BCUT2D eigenvalue weighted by atomic mass is 9.91. The number of hydrogen-bond donors (Lipinski definition) is 3. The van der Waals surface area contributed by atoms with Crippen LogP contribution in [0.3, 0.4) is 0 Å². The summed E-state index contributed by atoms with van der Waals surface area (Å²) in [4.78, 5) is 76.2. The summed E-state index contributed by atoms with van der Waals surface area (Å²) in [6, 6.07) is 17.3. The third kappa shape index (κ3) is 7.56. The van der Waals surface area contributed by atoms with E-state index in [2.05, 4.69) is 20.6 Å². The van der Waals surface area contributed by atoms with E-state index in [9.17, 15) is 37.7 Å². The predicted octanol–water partition coefficient (Wildman–Crippen LogP) is 3.71. The second-order valence-corrected chi connectivity index (χ2v) is 14.4. The molecule has 2 aliphatic rings. The molecule has 17 heteroatoms. The normalized spacial score (nSPS) is 15.0. The number of nitrogens with one attached hydrogen (secondary N) is 2. The van der Waals surface area contributed by atoms with Crippen molar-refractivity contribution in [1.29, 1.82) is 0 Å². The lowest BCUT2D eigenvalue weighted by Crippen LogP contribution is -2.51. The van der Waals surface area contributed by atoms with E-state index in [1.165, 1.54) is 17.0 Å². The highest BCUT2D eigenvalue weighted by Crippen LogP contribution is 2.35. The van der Waals surface area contributed by atoms with Gasteiger partial charge >= 0.3 is 0 Å². The minimum Gasteiger partial charge on any atom is -0.313 e. The van der Waals surface area contributed by atoms with E-state index < -0.39 is 38.9 Å². The van der Waals surface area contributed by atoms with Gasteiger partial charge in [0.2, 0.25) is 0 Å². The molecule has 3 N–H and O–H groups in total. The van der Waals surface area contributed by atoms with Gasteiger partial charge in [-0.25, -0.2) is 9.97 Å². The van der Waals surface area contributed by atoms with Crippen molar-refractivity contribution in [3.8, 4) is 11.4 Å². The highest BCUT2D eigenvalue weighted by Gasteiger charge is 2.38. The smallest absolute Gasteiger partial charge is 0.270 e. The van der Waals surface area contributed by atoms with Gasteiger partial charge in [-0.05, 0) is 55.0 Å². The van der Waals surface area contributed by atoms with Gasteiger partial charge < -0.3 is 10.6 Å². The first kappa shape index (κ1) is 37.7. The van der Waals surface area contributed by atoms with Gasteiger partial charge in [0.25, 0.3) is 39.4 Å². The number of carbonyl (C=O) groups excluding carboxylic acids is 4. The van der Waals surface area contributed by atoms with Crippen molar-refractivity contribution in [1.82, 2.24) is 30.4 Å². The number of nitrogens with zero attached hydrogens (tertiary/aromatic N) is 5. The van der Waals surface area contributed by atoms with E-state index in [0.717, 1.165) is 10.3 Å². The van der Waals surface area contributed by atoms with Crippen molar-refractivity contribution >= 4 is 61.0 Å². The summed E-state index contributed by atoms with van der Waals surface area (Å²) in [5.74, 6) is -1.28. The SMILES string of the molecule is CC(CNCCNCC(C)N1C(=O)c2cccc3cc([N+](=O)[O-])cc(c23)C1=O)N1C(=O)c2cccc3cc(-c4ncccn4)cc(c23)C1=O.CS(=O)(=O)O. The number of amides is 4. The van der Waals surface area contributed by atoms with E-state index >= 15 is 0 Å². The number of carbonyl (C=O) groups is 4. The molecule has 0 radical (unpaired) electrons. The fraction of sp³-hybridized carbons (Fsp3) is 0.243. The molecule has 16 nitrogen and oxygen atoms in total. The van der Waals surface area contributed by atoms with Crippen LogP contribution in [0.4, 0.5) is 5.69 Å². The maximum absolute atomic E-state index is 13.8. The van der Waals surface area contributed by atoms with Crippen LogP contribution in [0.1, 0.15) is 55.3 Å². The fourth-order valence-corrected chi connectivity index (χ4v) is 6.70. The van der Waals surface area contributed by atoms with Crippen molar-refractivity contribution in [2.45, 2.75) is 25.9 Å². The Morgan fingerprint density at radius 3 is 1.65 bits per heavy atom. The molecule has 1 aromatic heterocycles. The summed E-state index contributed by atoms with van der Waals surface area (Å²) >= 11 is 0. The van der Waals surface area contributed by atoms with Crippen LogP contribution in [0, 0.1) is 10.1 Å². The van der Waals surface area contributed by atoms with Crippen LogP contribution < -0.4 is 10.6 Å². The maximum atomic E-state index is 13.8. The van der Waals surface area contributed by atoms with Gasteiger partial charge in [-0.1, -0.05) is 24.3 Å². The average molecular weight is 754 g/mol. The number of imide groups is 2. The molecule has 54 heavy (non-hydrogen) atoms. The van der Waals surface area contributed by atoms with Gasteiger partial charge in [0, 0.05) is 95.8 Å². The number of rotatable bonds is 11. The van der Waals surface area contributed by atoms with Crippen LogP contribution in [0.15, 0.2) is 79.1 Å². The van der Waals surface area contributed by atoms with Gasteiger partial charge in [0.15, 0.2) is 5.82 Å². The van der Waals surface area contributed by atoms with Gasteiger partial charge in [0.05, 0.1) is 16.7 Å². The lowest BCUT2D eigenvalue weighted by molar-refractivity contribution is -0.384. The first-order valence-corrected chi connectivity index (χ1v) is 18.7. The Hall–Kier alpha value is -6.01. The van der Waals surface area contributed by atoms with Crippen LogP contribution in [-0.2, 0) is 10.1 Å². The Morgan fingerprint density at radius 2 is 1.17 bits per heavy atom. The lowest BCUT2D eigenvalue weighted by Gasteiger charge is -2.32. The Kier molecular flexibility index (Phi) is 10.6. The Morgan fingerprint density at radius 1 is 0.722 bits per heavy atom. The van der Waals surface area contributed by atoms with Crippen LogP contribution in [0.2, 0.25) is 0 Å². The molecule has 2 aliphatic heterocycles. The standard InChI is InChI=1S/C36H31N7O6.CH4O3S/c1-20(41-33(44)26-8-3-6-22-14-24(32-39-10-5-11-40-32)16-28(30(22)26)35(41)46)18-37-12-13-38-19-21(2)42-34(45)27-9-4-7-23-15-25(43(48)49)17-29(31(23)27)36(42)47;1-5(2,3)4/h3-11,14-17,20-21,37-38H,12-13,18-19H2,1-2H3;1H3,(H,2,3,4). The van der Waals surface area contributed by atoms with Gasteiger partial charge in [-0.15, -0.1) is 0 Å². The van der Waals surface area contributed by atoms with E-state index in [1.54, 1.807) is 61.8 Å². The molecular weight excluding hydrogens is 719 g/mol. The second-order valence-electron chi connectivity index (χ2n) is 13.0. The monoisotopic (exact) mass is 753 g/mol. The molecule has 0 saturated carbocycles. The molecule has 7 rings (SSSR count). The molecule has 0 aliphatic carbocycles. The number of non-ortho nitro benzene ring substituents is 1. The van der Waals surface area contributed by atoms with E-state index in [4.69, 9.17) is 4.55 Å². The molecule has 3 heterocycles. The number of hydrogen-bond acceptors (Lipinski definition) is 12. The highest BCUT2D eigenvalue weighted by molar-refractivity contribution is 7.85. The fourth-order valence-electron chi connectivity index (χ4n) is 6.70. The highest BCUT2D eigenvalue weighted by atomic mass is 32.2. The van der Waals surface area contributed by atoms with Crippen molar-refractivity contribution in [2.75, 3.05) is 32.4 Å². The molecule has 2 atom stereocenters. The van der Waals surface area contributed by atoms with Gasteiger partial charge in [0.1, 0.15) is 0 Å². The molecule has 5 aromatic rings. The summed E-state index contributed by atoms with van der Waals surface area (Å²) in [6.07, 6.45) is 3.99. The molecule has 2 unspecified atom stereocenters. The Balaban J connectivity index is 0.000000934. The summed E-state index contributed by atoms with van der Waals surface area (Å²) in [7, 11) is -3.67. The molecular formula is C37H35N7O9S. The zero-order valence-corrected chi connectivity index (χ0v) is 30.2. The first-order valence-electron chi connectivity index (χ1n) is 16.8. The van der Waals surface area contributed by atoms with Crippen molar-refractivity contribution in [2.24, 2.45) is 0 Å². The molecule has 0 fully saturated rings. The Labute approximate surface area is 309 Å². The van der Waals surface area contributed by atoms with Gasteiger partial charge in [-0.3, -0.25) is 43.6 Å². The van der Waals surface area contributed by atoms with E-state index in [0.29, 0.717) is 70.1 Å². The van der Waals surface area contributed by atoms with Crippen molar-refractivity contribution in [3.05, 3.63) is 111 Å². The van der Waals surface area contributed by atoms with Crippen LogP contribution in [0.5, 0.6) is 0 Å². The second kappa shape index (κ2) is 15.2. The minimum atomic E-state index is -3.67. The average Bonchev–Trinajstić information content (AvgIpc) is 3.13. The molecule has 0 saturated heterocycles. The number of benzene rings is 4. The summed E-state index contributed by atoms with van der Waals surface area (Å²) in [5.41, 5.74) is 1.82. The number of aromatic nitrogens is 2. The molecule has 278 valence electrons. The van der Waals surface area contributed by atoms with E-state index in [-0.39, 0.29) is 29.6 Å². The molecule has 4 amide bonds. The van der Waals surface area contributed by atoms with Crippen LogP contribution in [0.25, 0.3) is 32.9 Å². The predicted molar refractivity (Wildman–Crippen MR) is 199 cm³/mol. The summed E-state index contributed by atoms with van der Waals surface area (Å²) < 4.78 is 25.9. The van der Waals surface area contributed by atoms with E-state index in [1.807, 2.05) is 19.1 Å². The number of nitro benzene ring substituents is 1. The minimum absolute atomic E-state index is 0.132. The summed E-state index contributed by atoms with van der Waals surface area (Å²) in [5, 5.41) is 20.3. The van der Waals surface area contributed by atoms with Crippen LogP contribution in [-0.4, -0.2) is 106 Å². The first-order chi connectivity index (χ1) is 25.7. The third-order valence-corrected chi connectivity index (χ3v) is 9.01. The molecule has 0 bridgehead atoms. The van der Waals surface area contributed by atoms with Crippen molar-refractivity contribution in [3.63, 3.8) is 0 Å². The van der Waals surface area contributed by atoms with Gasteiger partial charge in [-0.2, -0.15) is 8.42 Å². The molecule has 0 spiro atoms. The van der Waals surface area contributed by atoms with Crippen LogP contribution >= 0.6 is 0 Å². The maximum Gasteiger partial charge on any atom is 0.270 e. The zero-order chi connectivity index (χ0) is 38.9.